The van der Waals surface area contributed by atoms with E-state index < -0.39 is 0 Å². The number of aliphatic hydroxyl groups excluding tert-OH is 1. The van der Waals surface area contributed by atoms with Gasteiger partial charge in [0, 0.05) is 36.2 Å². The Kier molecular flexibility index (Phi) is 5.65. The van der Waals surface area contributed by atoms with Crippen molar-refractivity contribution in [3.8, 4) is 11.4 Å². The van der Waals surface area contributed by atoms with Crippen molar-refractivity contribution in [1.29, 1.82) is 0 Å². The average Bonchev–Trinajstić information content (AvgIpc) is 3.04. The quantitative estimate of drug-likeness (QED) is 0.878. The smallest absolute Gasteiger partial charge is 0.228 e. The minimum atomic E-state index is 0.252. The van der Waals surface area contributed by atoms with Crippen LogP contribution in [0, 0.1) is 0 Å². The van der Waals surface area contributed by atoms with Crippen molar-refractivity contribution in [2.45, 2.75) is 38.1 Å². The Morgan fingerprint density at radius 2 is 2.09 bits per heavy atom. The van der Waals surface area contributed by atoms with E-state index in [1.54, 1.807) is 0 Å². The fourth-order valence-corrected chi connectivity index (χ4v) is 3.27. The van der Waals surface area contributed by atoms with Crippen LogP contribution in [0.1, 0.15) is 31.6 Å². The van der Waals surface area contributed by atoms with Gasteiger partial charge in [-0.15, -0.1) is 0 Å². The van der Waals surface area contributed by atoms with Crippen molar-refractivity contribution in [2.75, 3.05) is 19.7 Å². The maximum Gasteiger partial charge on any atom is 0.228 e. The topological polar surface area (TPSA) is 62.4 Å². The van der Waals surface area contributed by atoms with Crippen LogP contribution < -0.4 is 0 Å². The highest BCUT2D eigenvalue weighted by Gasteiger charge is 2.22. The summed E-state index contributed by atoms with van der Waals surface area (Å²) in [5.41, 5.74) is 0.903. The third-order valence-electron chi connectivity index (χ3n) is 4.39. The summed E-state index contributed by atoms with van der Waals surface area (Å²) in [7, 11) is 0. The third kappa shape index (κ3) is 4.31. The van der Waals surface area contributed by atoms with Gasteiger partial charge in [-0.25, -0.2) is 0 Å². The van der Waals surface area contributed by atoms with Gasteiger partial charge in [0.2, 0.25) is 11.7 Å². The summed E-state index contributed by atoms with van der Waals surface area (Å²) in [5, 5.41) is 13.9. The second kappa shape index (κ2) is 7.90. The zero-order valence-corrected chi connectivity index (χ0v) is 13.9. The second-order valence-electron chi connectivity index (χ2n) is 5.97. The van der Waals surface area contributed by atoms with Crippen molar-refractivity contribution in [1.82, 2.24) is 15.0 Å². The minimum Gasteiger partial charge on any atom is -0.396 e. The second-order valence-corrected chi connectivity index (χ2v) is 6.40. The molecule has 1 aromatic heterocycles. The first-order chi connectivity index (χ1) is 11.3. The number of piperidine rings is 1. The maximum atomic E-state index is 9.19. The van der Waals surface area contributed by atoms with Gasteiger partial charge in [0.15, 0.2) is 0 Å². The van der Waals surface area contributed by atoms with Gasteiger partial charge in [0.05, 0.1) is 0 Å². The molecule has 1 aromatic carbocycles. The highest BCUT2D eigenvalue weighted by atomic mass is 35.5. The van der Waals surface area contributed by atoms with E-state index in [2.05, 4.69) is 15.0 Å². The molecule has 2 aromatic rings. The van der Waals surface area contributed by atoms with Crippen LogP contribution in [0.2, 0.25) is 5.02 Å². The molecule has 0 amide bonds. The van der Waals surface area contributed by atoms with Crippen LogP contribution >= 0.6 is 11.6 Å². The van der Waals surface area contributed by atoms with Gasteiger partial charge in [-0.2, -0.15) is 4.98 Å². The lowest BCUT2D eigenvalue weighted by atomic mass is 9.99. The van der Waals surface area contributed by atoms with Crippen LogP contribution in [-0.2, 0) is 6.42 Å². The SMILES string of the molecule is OCCC1CCCCN1CCc1nc(-c2ccc(Cl)cc2)no1. The largest absolute Gasteiger partial charge is 0.396 e. The maximum absolute atomic E-state index is 9.19. The van der Waals surface area contributed by atoms with E-state index in [-0.39, 0.29) is 6.61 Å². The number of nitrogens with zero attached hydrogens (tertiary/aromatic N) is 3. The molecule has 1 unspecified atom stereocenters. The highest BCUT2D eigenvalue weighted by Crippen LogP contribution is 2.21. The number of hydrogen-bond donors (Lipinski definition) is 1. The first-order valence-electron chi connectivity index (χ1n) is 8.19. The third-order valence-corrected chi connectivity index (χ3v) is 4.65. The Hall–Kier alpha value is -1.43. The van der Waals surface area contributed by atoms with E-state index in [0.717, 1.165) is 31.5 Å². The molecule has 1 aliphatic rings. The minimum absolute atomic E-state index is 0.252. The molecule has 0 aliphatic carbocycles. The van der Waals surface area contributed by atoms with Crippen molar-refractivity contribution in [2.24, 2.45) is 0 Å². The molecule has 0 bridgehead atoms. The van der Waals surface area contributed by atoms with E-state index in [0.29, 0.717) is 22.8 Å². The number of likely N-dealkylation sites (tertiary alicyclic amines) is 1. The van der Waals surface area contributed by atoms with Gasteiger partial charge in [-0.3, -0.25) is 4.90 Å². The summed E-state index contributed by atoms with van der Waals surface area (Å²) in [4.78, 5) is 6.91. The molecule has 0 radical (unpaired) electrons. The molecule has 5 nitrogen and oxygen atoms in total. The number of benzene rings is 1. The summed E-state index contributed by atoms with van der Waals surface area (Å²) in [6, 6.07) is 7.89. The number of aromatic nitrogens is 2. The van der Waals surface area contributed by atoms with Gasteiger partial charge in [-0.1, -0.05) is 23.2 Å². The Morgan fingerprint density at radius 3 is 2.87 bits per heavy atom. The molecule has 1 N–H and O–H groups in total. The summed E-state index contributed by atoms with van der Waals surface area (Å²) in [6.07, 6.45) is 5.23. The normalized spacial score (nSPS) is 19.1. The van der Waals surface area contributed by atoms with Crippen molar-refractivity contribution in [3.05, 3.63) is 35.2 Å². The first-order valence-corrected chi connectivity index (χ1v) is 8.57. The lowest BCUT2D eigenvalue weighted by Crippen LogP contribution is -2.41. The average molecular weight is 336 g/mol. The van der Waals surface area contributed by atoms with Gasteiger partial charge in [-0.05, 0) is 50.1 Å². The van der Waals surface area contributed by atoms with Crippen LogP contribution in [0.4, 0.5) is 0 Å². The van der Waals surface area contributed by atoms with E-state index in [4.69, 9.17) is 16.1 Å². The molecule has 3 rings (SSSR count). The lowest BCUT2D eigenvalue weighted by Gasteiger charge is -2.35. The fraction of sp³-hybridized carbons (Fsp3) is 0.529. The van der Waals surface area contributed by atoms with Crippen LogP contribution in [0.3, 0.4) is 0 Å². The summed E-state index contributed by atoms with van der Waals surface area (Å²) in [5.74, 6) is 1.26. The predicted molar refractivity (Wildman–Crippen MR) is 89.4 cm³/mol. The fourth-order valence-electron chi connectivity index (χ4n) is 3.14. The number of halogens is 1. The molecule has 6 heteroatoms. The van der Waals surface area contributed by atoms with E-state index in [9.17, 15) is 5.11 Å². The zero-order chi connectivity index (χ0) is 16.1. The molecule has 1 fully saturated rings. The molecule has 23 heavy (non-hydrogen) atoms. The lowest BCUT2D eigenvalue weighted by molar-refractivity contribution is 0.118. The van der Waals surface area contributed by atoms with Gasteiger partial charge < -0.3 is 9.63 Å². The molecule has 2 heterocycles. The Bertz CT molecular complexity index is 613. The Balaban J connectivity index is 1.59. The predicted octanol–water partition coefficient (Wildman–Crippen LogP) is 3.17. The summed E-state index contributed by atoms with van der Waals surface area (Å²) in [6.45, 7) is 2.23. The molecule has 1 saturated heterocycles. The highest BCUT2D eigenvalue weighted by molar-refractivity contribution is 6.30. The van der Waals surface area contributed by atoms with Crippen molar-refractivity contribution < 1.29 is 9.63 Å². The number of hydrogen-bond acceptors (Lipinski definition) is 5. The Morgan fingerprint density at radius 1 is 1.26 bits per heavy atom. The summed E-state index contributed by atoms with van der Waals surface area (Å²) < 4.78 is 5.37. The molecule has 0 spiro atoms. The van der Waals surface area contributed by atoms with Gasteiger partial charge >= 0.3 is 0 Å². The van der Waals surface area contributed by atoms with Crippen LogP contribution in [0.5, 0.6) is 0 Å². The van der Waals surface area contributed by atoms with E-state index in [1.807, 2.05) is 24.3 Å². The number of aliphatic hydroxyl groups is 1. The zero-order valence-electron chi connectivity index (χ0n) is 13.1. The molecule has 1 atom stereocenters. The van der Waals surface area contributed by atoms with Crippen molar-refractivity contribution in [3.63, 3.8) is 0 Å². The standard InChI is InChI=1S/C17H22ClN3O2/c18-14-6-4-13(5-7-14)17-19-16(23-20-17)8-11-21-10-2-1-3-15(21)9-12-22/h4-7,15,22H,1-3,8-12H2. The Labute approximate surface area is 141 Å². The molecule has 1 aliphatic heterocycles. The van der Waals surface area contributed by atoms with Gasteiger partial charge in [0.1, 0.15) is 0 Å². The van der Waals surface area contributed by atoms with Crippen LogP contribution in [0.25, 0.3) is 11.4 Å². The summed E-state index contributed by atoms with van der Waals surface area (Å²) >= 11 is 5.89. The van der Waals surface area contributed by atoms with Gasteiger partial charge in [0.25, 0.3) is 0 Å². The van der Waals surface area contributed by atoms with Crippen LogP contribution in [0.15, 0.2) is 28.8 Å². The molecule has 124 valence electrons. The van der Waals surface area contributed by atoms with E-state index in [1.165, 1.54) is 19.3 Å². The van der Waals surface area contributed by atoms with Crippen molar-refractivity contribution >= 4 is 11.6 Å². The van der Waals surface area contributed by atoms with E-state index >= 15 is 0 Å². The molecular weight excluding hydrogens is 314 g/mol. The van der Waals surface area contributed by atoms with Crippen LogP contribution in [-0.4, -0.2) is 45.9 Å². The monoisotopic (exact) mass is 335 g/mol. The molecule has 0 saturated carbocycles. The first kappa shape index (κ1) is 16.4. The number of rotatable bonds is 6. The molecular formula is C17H22ClN3O2.